The second-order valence-electron chi connectivity index (χ2n) is 7.13. The van der Waals surface area contributed by atoms with Crippen molar-refractivity contribution >= 4 is 17.7 Å². The summed E-state index contributed by atoms with van der Waals surface area (Å²) >= 11 is 0. The lowest BCUT2D eigenvalue weighted by Crippen LogP contribution is -2.43. The number of carbonyl (C=O) groups excluding carboxylic acids is 3. The van der Waals surface area contributed by atoms with E-state index in [0.717, 1.165) is 18.5 Å². The minimum atomic E-state index is -0.241. The SMILES string of the molecule is CCN(CC)C(=O)CN1CCCN(C(=O)CNC(=O)c2ccc(C)cc2)CC1. The highest BCUT2D eigenvalue weighted by molar-refractivity contribution is 5.96. The molecule has 1 N–H and O–H groups in total. The van der Waals surface area contributed by atoms with E-state index < -0.39 is 0 Å². The second kappa shape index (κ2) is 10.8. The van der Waals surface area contributed by atoms with E-state index in [1.807, 2.05) is 37.8 Å². The largest absolute Gasteiger partial charge is 0.343 e. The third kappa shape index (κ3) is 6.34. The molecule has 0 saturated carbocycles. The molecule has 1 fully saturated rings. The molecule has 0 aliphatic carbocycles. The summed E-state index contributed by atoms with van der Waals surface area (Å²) in [6.07, 6.45) is 0.823. The number of amides is 3. The minimum absolute atomic E-state index is 0.00884. The van der Waals surface area contributed by atoms with Gasteiger partial charge in [0.05, 0.1) is 13.1 Å². The number of likely N-dealkylation sites (N-methyl/N-ethyl adjacent to an activating group) is 1. The van der Waals surface area contributed by atoms with Gasteiger partial charge < -0.3 is 15.1 Å². The third-order valence-corrected chi connectivity index (χ3v) is 5.13. The Labute approximate surface area is 167 Å². The van der Waals surface area contributed by atoms with Crippen molar-refractivity contribution < 1.29 is 14.4 Å². The van der Waals surface area contributed by atoms with Gasteiger partial charge in [-0.25, -0.2) is 0 Å². The molecule has 0 atom stereocenters. The molecule has 0 aromatic heterocycles. The Morgan fingerprint density at radius 1 is 1.00 bits per heavy atom. The topological polar surface area (TPSA) is 73.0 Å². The first-order valence-corrected chi connectivity index (χ1v) is 10.1. The average Bonchev–Trinajstić information content (AvgIpc) is 2.93. The molecule has 7 heteroatoms. The molecular weight excluding hydrogens is 356 g/mol. The number of carbonyl (C=O) groups is 3. The maximum absolute atomic E-state index is 12.5. The molecule has 1 aromatic rings. The Kier molecular flexibility index (Phi) is 8.44. The van der Waals surface area contributed by atoms with Crippen molar-refractivity contribution in [1.82, 2.24) is 20.0 Å². The molecule has 154 valence electrons. The molecule has 0 unspecified atom stereocenters. The molecule has 1 aliphatic rings. The summed E-state index contributed by atoms with van der Waals surface area (Å²) in [6.45, 7) is 10.4. The van der Waals surface area contributed by atoms with Crippen LogP contribution in [0.5, 0.6) is 0 Å². The molecule has 0 spiro atoms. The van der Waals surface area contributed by atoms with E-state index in [1.165, 1.54) is 0 Å². The van der Waals surface area contributed by atoms with E-state index in [2.05, 4.69) is 10.2 Å². The van der Waals surface area contributed by atoms with Gasteiger partial charge >= 0.3 is 0 Å². The summed E-state index contributed by atoms with van der Waals surface area (Å²) in [4.78, 5) is 42.7. The number of aryl methyl sites for hydroxylation is 1. The molecule has 0 radical (unpaired) electrons. The average molecular weight is 389 g/mol. The Bertz CT molecular complexity index is 671. The van der Waals surface area contributed by atoms with Gasteiger partial charge in [0, 0.05) is 44.8 Å². The van der Waals surface area contributed by atoms with Crippen LogP contribution in [-0.2, 0) is 9.59 Å². The summed E-state index contributed by atoms with van der Waals surface area (Å²) in [7, 11) is 0. The van der Waals surface area contributed by atoms with Gasteiger partial charge in [-0.2, -0.15) is 0 Å². The maximum Gasteiger partial charge on any atom is 0.251 e. The highest BCUT2D eigenvalue weighted by atomic mass is 16.2. The van der Waals surface area contributed by atoms with Gasteiger partial charge in [-0.3, -0.25) is 19.3 Å². The first kappa shape index (κ1) is 21.9. The normalized spacial score (nSPS) is 15.0. The van der Waals surface area contributed by atoms with Crippen LogP contribution in [-0.4, -0.2) is 84.8 Å². The fourth-order valence-electron chi connectivity index (χ4n) is 3.32. The zero-order chi connectivity index (χ0) is 20.5. The smallest absolute Gasteiger partial charge is 0.251 e. The lowest BCUT2D eigenvalue weighted by molar-refractivity contribution is -0.132. The molecule has 2 rings (SSSR count). The van der Waals surface area contributed by atoms with Crippen molar-refractivity contribution in [3.8, 4) is 0 Å². The number of rotatable bonds is 7. The summed E-state index contributed by atoms with van der Waals surface area (Å²) in [5.74, 6) is -0.192. The fourth-order valence-corrected chi connectivity index (χ4v) is 3.32. The summed E-state index contributed by atoms with van der Waals surface area (Å²) in [5, 5.41) is 2.70. The standard InChI is InChI=1S/C21H32N4O3/c1-4-24(5-2)20(27)16-23-11-6-12-25(14-13-23)19(26)15-22-21(28)18-9-7-17(3)8-10-18/h7-10H,4-6,11-16H2,1-3H3,(H,22,28). The van der Waals surface area contributed by atoms with Crippen LogP contribution in [0, 0.1) is 6.92 Å². The highest BCUT2D eigenvalue weighted by Gasteiger charge is 2.22. The maximum atomic E-state index is 12.5. The van der Waals surface area contributed by atoms with E-state index in [9.17, 15) is 14.4 Å². The number of benzene rings is 1. The predicted molar refractivity (Wildman–Crippen MR) is 109 cm³/mol. The van der Waals surface area contributed by atoms with Gasteiger partial charge in [-0.15, -0.1) is 0 Å². The molecule has 3 amide bonds. The molecule has 1 saturated heterocycles. The Morgan fingerprint density at radius 2 is 1.68 bits per heavy atom. The molecule has 0 bridgehead atoms. The van der Waals surface area contributed by atoms with Crippen molar-refractivity contribution in [1.29, 1.82) is 0 Å². The van der Waals surface area contributed by atoms with Gasteiger partial charge in [0.2, 0.25) is 11.8 Å². The number of nitrogens with one attached hydrogen (secondary N) is 1. The van der Waals surface area contributed by atoms with Crippen LogP contribution in [0.15, 0.2) is 24.3 Å². The molecule has 1 aliphatic heterocycles. The molecule has 28 heavy (non-hydrogen) atoms. The van der Waals surface area contributed by atoms with Gasteiger partial charge in [0.25, 0.3) is 5.91 Å². The summed E-state index contributed by atoms with van der Waals surface area (Å²) in [5.41, 5.74) is 1.64. The minimum Gasteiger partial charge on any atom is -0.343 e. The quantitative estimate of drug-likeness (QED) is 0.760. The third-order valence-electron chi connectivity index (χ3n) is 5.13. The van der Waals surface area contributed by atoms with E-state index in [-0.39, 0.29) is 24.3 Å². The Morgan fingerprint density at radius 3 is 2.32 bits per heavy atom. The van der Waals surface area contributed by atoms with Crippen LogP contribution < -0.4 is 5.32 Å². The van der Waals surface area contributed by atoms with Crippen molar-refractivity contribution in [2.45, 2.75) is 27.2 Å². The van der Waals surface area contributed by atoms with E-state index in [0.29, 0.717) is 44.8 Å². The Balaban J connectivity index is 1.79. The van der Waals surface area contributed by atoms with Crippen LogP contribution in [0.3, 0.4) is 0 Å². The fraction of sp³-hybridized carbons (Fsp3) is 0.571. The van der Waals surface area contributed by atoms with E-state index in [4.69, 9.17) is 0 Å². The number of hydrogen-bond donors (Lipinski definition) is 1. The summed E-state index contributed by atoms with van der Waals surface area (Å²) < 4.78 is 0. The number of hydrogen-bond acceptors (Lipinski definition) is 4. The van der Waals surface area contributed by atoms with Gasteiger partial charge in [0.15, 0.2) is 0 Å². The van der Waals surface area contributed by atoms with Crippen molar-refractivity contribution in [2.75, 3.05) is 52.4 Å². The van der Waals surface area contributed by atoms with E-state index >= 15 is 0 Å². The first-order chi connectivity index (χ1) is 13.4. The lowest BCUT2D eigenvalue weighted by Gasteiger charge is -2.25. The van der Waals surface area contributed by atoms with Crippen LogP contribution in [0.4, 0.5) is 0 Å². The Hall–Kier alpha value is -2.41. The van der Waals surface area contributed by atoms with Crippen LogP contribution in [0.25, 0.3) is 0 Å². The van der Waals surface area contributed by atoms with Crippen LogP contribution in [0.1, 0.15) is 36.2 Å². The van der Waals surface area contributed by atoms with E-state index in [1.54, 1.807) is 17.0 Å². The monoisotopic (exact) mass is 388 g/mol. The molecular formula is C21H32N4O3. The van der Waals surface area contributed by atoms with Crippen LogP contribution in [0.2, 0.25) is 0 Å². The summed E-state index contributed by atoms with van der Waals surface area (Å²) in [6, 6.07) is 7.26. The van der Waals surface area contributed by atoms with Crippen LogP contribution >= 0.6 is 0 Å². The zero-order valence-corrected chi connectivity index (χ0v) is 17.2. The zero-order valence-electron chi connectivity index (χ0n) is 17.2. The first-order valence-electron chi connectivity index (χ1n) is 10.1. The van der Waals surface area contributed by atoms with Crippen molar-refractivity contribution in [3.63, 3.8) is 0 Å². The number of nitrogens with zero attached hydrogens (tertiary/aromatic N) is 3. The van der Waals surface area contributed by atoms with Gasteiger partial charge in [-0.05, 0) is 39.3 Å². The van der Waals surface area contributed by atoms with Crippen molar-refractivity contribution in [2.24, 2.45) is 0 Å². The molecule has 1 aromatic carbocycles. The van der Waals surface area contributed by atoms with Gasteiger partial charge in [-0.1, -0.05) is 17.7 Å². The second-order valence-corrected chi connectivity index (χ2v) is 7.13. The molecule has 1 heterocycles. The molecule has 7 nitrogen and oxygen atoms in total. The van der Waals surface area contributed by atoms with Gasteiger partial charge in [0.1, 0.15) is 0 Å². The highest BCUT2D eigenvalue weighted by Crippen LogP contribution is 2.06. The predicted octanol–water partition coefficient (Wildman–Crippen LogP) is 1.13. The van der Waals surface area contributed by atoms with Crippen molar-refractivity contribution in [3.05, 3.63) is 35.4 Å². The lowest BCUT2D eigenvalue weighted by atomic mass is 10.1.